The smallest absolute Gasteiger partial charge is 0.411 e. The Kier molecular flexibility index (Phi) is 6.71. The van der Waals surface area contributed by atoms with Gasteiger partial charge in [-0.15, -0.1) is 0 Å². The van der Waals surface area contributed by atoms with Gasteiger partial charge in [-0.25, -0.2) is 4.79 Å². The van der Waals surface area contributed by atoms with E-state index in [4.69, 9.17) is 9.47 Å². The predicted octanol–water partition coefficient (Wildman–Crippen LogP) is 1.99. The molecule has 1 aliphatic heterocycles. The Hall–Kier alpha value is -2.65. The van der Waals surface area contributed by atoms with Crippen LogP contribution in [0.1, 0.15) is 6.92 Å². The van der Waals surface area contributed by atoms with Gasteiger partial charge in [0.05, 0.1) is 19.8 Å². The lowest BCUT2D eigenvalue weighted by atomic mass is 9.92. The summed E-state index contributed by atoms with van der Waals surface area (Å²) in [5, 5.41) is 32.3. The zero-order chi connectivity index (χ0) is 21.0. The van der Waals surface area contributed by atoms with Gasteiger partial charge in [-0.05, 0) is 23.8 Å². The van der Waals surface area contributed by atoms with Crippen molar-refractivity contribution in [3.8, 4) is 16.9 Å². The van der Waals surface area contributed by atoms with Crippen molar-refractivity contribution < 1.29 is 34.3 Å². The van der Waals surface area contributed by atoms with Crippen LogP contribution in [0.2, 0.25) is 0 Å². The topological polar surface area (TPSA) is 117 Å². The van der Waals surface area contributed by atoms with Crippen LogP contribution in [0.25, 0.3) is 11.1 Å². The summed E-state index contributed by atoms with van der Waals surface area (Å²) >= 11 is 0. The second kappa shape index (κ2) is 9.23. The standard InChI is InChI=1S/C21H25NO7/c1-12-18(24)19(25)17(11-23)29-20(12)28-16-9-4-3-8-15(16)13-6-5-7-14(10-13)22-21(26)27-2/h3-10,12,17-20,23-25H,11H2,1-2H3,(H,22,26)/t12?,17?,18-,19+,20-/m1/s1. The van der Waals surface area contributed by atoms with E-state index in [-0.39, 0.29) is 0 Å². The number of aliphatic hydroxyl groups excluding tert-OH is 3. The van der Waals surface area contributed by atoms with Crippen molar-refractivity contribution in [2.45, 2.75) is 31.5 Å². The normalized spacial score (nSPS) is 26.6. The summed E-state index contributed by atoms with van der Waals surface area (Å²) in [7, 11) is 1.29. The monoisotopic (exact) mass is 403 g/mol. The van der Waals surface area contributed by atoms with E-state index in [1.807, 2.05) is 18.2 Å². The molecule has 0 spiro atoms. The first-order valence-corrected chi connectivity index (χ1v) is 9.28. The molecule has 4 N–H and O–H groups in total. The number of rotatable bonds is 5. The second-order valence-corrected chi connectivity index (χ2v) is 6.88. The van der Waals surface area contributed by atoms with Gasteiger partial charge in [0, 0.05) is 17.2 Å². The number of para-hydroxylation sites is 1. The van der Waals surface area contributed by atoms with Crippen LogP contribution in [0.3, 0.4) is 0 Å². The third-order valence-corrected chi connectivity index (χ3v) is 4.92. The van der Waals surface area contributed by atoms with Crippen molar-refractivity contribution in [2.24, 2.45) is 5.92 Å². The highest BCUT2D eigenvalue weighted by Gasteiger charge is 2.43. The molecule has 8 heteroatoms. The number of hydrogen-bond donors (Lipinski definition) is 4. The summed E-state index contributed by atoms with van der Waals surface area (Å²) in [6.07, 6.45) is -4.65. The van der Waals surface area contributed by atoms with E-state index in [9.17, 15) is 20.1 Å². The molecule has 0 aromatic heterocycles. The molecule has 0 radical (unpaired) electrons. The highest BCUT2D eigenvalue weighted by Crippen LogP contribution is 2.35. The fourth-order valence-electron chi connectivity index (χ4n) is 3.22. The molecule has 1 heterocycles. The van der Waals surface area contributed by atoms with Crippen LogP contribution in [-0.4, -0.2) is 59.7 Å². The lowest BCUT2D eigenvalue weighted by molar-refractivity contribution is -0.256. The first kappa shape index (κ1) is 21.1. The molecule has 0 aliphatic carbocycles. The van der Waals surface area contributed by atoms with Gasteiger partial charge in [0.15, 0.2) is 0 Å². The predicted molar refractivity (Wildman–Crippen MR) is 105 cm³/mol. The van der Waals surface area contributed by atoms with Gasteiger partial charge in [-0.3, -0.25) is 5.32 Å². The van der Waals surface area contributed by atoms with Gasteiger partial charge in [-0.2, -0.15) is 0 Å². The number of benzene rings is 2. The molecule has 2 unspecified atom stereocenters. The van der Waals surface area contributed by atoms with Gasteiger partial charge in [0.2, 0.25) is 6.29 Å². The lowest BCUT2D eigenvalue weighted by Crippen LogP contribution is -2.56. The number of carbonyl (C=O) groups excluding carboxylic acids is 1. The van der Waals surface area contributed by atoms with Crippen LogP contribution in [-0.2, 0) is 9.47 Å². The number of carbonyl (C=O) groups is 1. The van der Waals surface area contributed by atoms with E-state index in [1.165, 1.54) is 7.11 Å². The molecule has 0 saturated carbocycles. The zero-order valence-corrected chi connectivity index (χ0v) is 16.2. The van der Waals surface area contributed by atoms with Gasteiger partial charge in [0.1, 0.15) is 18.0 Å². The van der Waals surface area contributed by atoms with E-state index in [2.05, 4.69) is 10.1 Å². The molecule has 1 saturated heterocycles. The Morgan fingerprint density at radius 2 is 1.90 bits per heavy atom. The van der Waals surface area contributed by atoms with Crippen LogP contribution >= 0.6 is 0 Å². The molecule has 29 heavy (non-hydrogen) atoms. The van der Waals surface area contributed by atoms with Gasteiger partial charge in [-0.1, -0.05) is 37.3 Å². The maximum Gasteiger partial charge on any atom is 0.411 e. The second-order valence-electron chi connectivity index (χ2n) is 6.88. The average molecular weight is 403 g/mol. The molecule has 1 aliphatic rings. The Morgan fingerprint density at radius 1 is 1.14 bits per heavy atom. The summed E-state index contributed by atoms with van der Waals surface area (Å²) in [5.41, 5.74) is 2.10. The quantitative estimate of drug-likeness (QED) is 0.603. The largest absolute Gasteiger partial charge is 0.464 e. The number of anilines is 1. The highest BCUT2D eigenvalue weighted by atomic mass is 16.7. The van der Waals surface area contributed by atoms with Crippen LogP contribution in [0.5, 0.6) is 5.75 Å². The number of methoxy groups -OCH3 is 1. The molecule has 0 bridgehead atoms. The van der Waals surface area contributed by atoms with E-state index >= 15 is 0 Å². The summed E-state index contributed by atoms with van der Waals surface area (Å²) < 4.78 is 16.3. The lowest BCUT2D eigenvalue weighted by Gasteiger charge is -2.40. The van der Waals surface area contributed by atoms with Crippen molar-refractivity contribution >= 4 is 11.8 Å². The number of ether oxygens (including phenoxy) is 3. The Labute approximate surface area is 168 Å². The van der Waals surface area contributed by atoms with Crippen LogP contribution in [0, 0.1) is 5.92 Å². The Morgan fingerprint density at radius 3 is 2.62 bits per heavy atom. The number of aliphatic hydroxyl groups is 3. The highest BCUT2D eigenvalue weighted by molar-refractivity contribution is 5.86. The fourth-order valence-corrected chi connectivity index (χ4v) is 3.22. The van der Waals surface area contributed by atoms with E-state index in [1.54, 1.807) is 37.3 Å². The Balaban J connectivity index is 1.86. The fraction of sp³-hybridized carbons (Fsp3) is 0.381. The third kappa shape index (κ3) is 4.68. The molecule has 5 atom stereocenters. The van der Waals surface area contributed by atoms with Gasteiger partial charge in [0.25, 0.3) is 0 Å². The molecule has 156 valence electrons. The summed E-state index contributed by atoms with van der Waals surface area (Å²) in [6, 6.07) is 14.4. The van der Waals surface area contributed by atoms with Crippen LogP contribution in [0.15, 0.2) is 48.5 Å². The van der Waals surface area contributed by atoms with Crippen molar-refractivity contribution in [1.82, 2.24) is 0 Å². The SMILES string of the molecule is COC(=O)Nc1cccc(-c2ccccc2O[C@@H]2OC(CO)[C@H](O)[C@H](O)C2C)c1. The molecular weight excluding hydrogens is 378 g/mol. The van der Waals surface area contributed by atoms with Gasteiger partial charge < -0.3 is 29.5 Å². The molecule has 2 aromatic carbocycles. The zero-order valence-electron chi connectivity index (χ0n) is 16.2. The van der Waals surface area contributed by atoms with Crippen LogP contribution in [0.4, 0.5) is 10.5 Å². The minimum absolute atomic E-state index is 0.437. The molecule has 8 nitrogen and oxygen atoms in total. The van der Waals surface area contributed by atoms with Crippen molar-refractivity contribution in [3.05, 3.63) is 48.5 Å². The molecule has 1 amide bonds. The first-order chi connectivity index (χ1) is 13.9. The van der Waals surface area contributed by atoms with Crippen LogP contribution < -0.4 is 10.1 Å². The molecule has 3 rings (SSSR count). The summed E-state index contributed by atoms with van der Waals surface area (Å²) in [6.45, 7) is 1.27. The van der Waals surface area contributed by atoms with Crippen molar-refractivity contribution in [3.63, 3.8) is 0 Å². The Bertz CT molecular complexity index is 841. The van der Waals surface area contributed by atoms with E-state index < -0.39 is 43.2 Å². The van der Waals surface area contributed by atoms with Crippen molar-refractivity contribution in [1.29, 1.82) is 0 Å². The molecular formula is C21H25NO7. The summed E-state index contributed by atoms with van der Waals surface area (Å²) in [4.78, 5) is 11.5. The average Bonchev–Trinajstić information content (AvgIpc) is 2.74. The molecule has 1 fully saturated rings. The summed E-state index contributed by atoms with van der Waals surface area (Å²) in [5.74, 6) is -0.0203. The minimum Gasteiger partial charge on any atom is -0.464 e. The van der Waals surface area contributed by atoms with Gasteiger partial charge >= 0.3 is 6.09 Å². The number of amides is 1. The minimum atomic E-state index is -1.19. The van der Waals surface area contributed by atoms with E-state index in [0.29, 0.717) is 11.4 Å². The maximum absolute atomic E-state index is 11.5. The third-order valence-electron chi connectivity index (χ3n) is 4.92. The maximum atomic E-state index is 11.5. The molecule has 2 aromatic rings. The number of hydrogen-bond acceptors (Lipinski definition) is 7. The number of nitrogens with one attached hydrogen (secondary N) is 1. The first-order valence-electron chi connectivity index (χ1n) is 9.28. The van der Waals surface area contributed by atoms with Crippen molar-refractivity contribution in [2.75, 3.05) is 19.0 Å². The van der Waals surface area contributed by atoms with E-state index in [0.717, 1.165) is 11.1 Å².